The van der Waals surface area contributed by atoms with Crippen LogP contribution in [0, 0.1) is 7.14 Å². The maximum absolute atomic E-state index is 2.43. The molecule has 0 amide bonds. The molecule has 18 heavy (non-hydrogen) atoms. The van der Waals surface area contributed by atoms with Gasteiger partial charge in [-0.25, -0.2) is 0 Å². The van der Waals surface area contributed by atoms with E-state index in [0.29, 0.717) is 0 Å². The maximum atomic E-state index is 2.43. The van der Waals surface area contributed by atoms with Gasteiger partial charge in [0.15, 0.2) is 0 Å². The van der Waals surface area contributed by atoms with Gasteiger partial charge in [0.25, 0.3) is 0 Å². The molecular weight excluding hydrogens is 525 g/mol. The predicted molar refractivity (Wildman–Crippen MR) is 90.7 cm³/mol. The molecule has 0 nitrogen and oxygen atoms in total. The molecule has 0 aliphatic heterocycles. The Hall–Kier alpha value is 0.653. The molecule has 2 aromatic carbocycles. The van der Waals surface area contributed by atoms with Crippen LogP contribution in [0.4, 0.5) is 0 Å². The number of halogens is 2. The molecule has 0 aliphatic rings. The van der Waals surface area contributed by atoms with Crippen LogP contribution in [0.2, 0.25) is 0 Å². The Labute approximate surface area is 150 Å². The Morgan fingerprint density at radius 3 is 1.56 bits per heavy atom. The summed E-state index contributed by atoms with van der Waals surface area (Å²) in [6, 6.07) is 17.3. The summed E-state index contributed by atoms with van der Waals surface area (Å²) < 4.78 is 4.35. The molecule has 0 heterocycles. The van der Waals surface area contributed by atoms with Gasteiger partial charge in [-0.1, -0.05) is 0 Å². The van der Waals surface area contributed by atoms with Crippen LogP contribution in [0.5, 0.6) is 0 Å². The van der Waals surface area contributed by atoms with Crippen LogP contribution in [0.1, 0.15) is 11.1 Å². The van der Waals surface area contributed by atoms with Crippen molar-refractivity contribution < 1.29 is 24.2 Å². The number of benzene rings is 2. The molecule has 0 fully saturated rings. The number of rotatable bonds is 4. The monoisotopic (exact) mass is 536 g/mol. The van der Waals surface area contributed by atoms with E-state index >= 15 is 0 Å². The zero-order valence-electron chi connectivity index (χ0n) is 9.79. The number of hydrogen-bond acceptors (Lipinski definition) is 0. The zero-order chi connectivity index (χ0) is 13.0. The molecule has 0 N–H and O–H groups in total. The van der Waals surface area contributed by atoms with Gasteiger partial charge < -0.3 is 0 Å². The van der Waals surface area contributed by atoms with Gasteiger partial charge in [0.1, 0.15) is 0 Å². The Balaban J connectivity index is 2.06. The Kier molecular flexibility index (Phi) is 6.22. The van der Waals surface area contributed by atoms with Crippen LogP contribution in [0.3, 0.4) is 0 Å². The molecular formula is C15H12I2Zr+2. The van der Waals surface area contributed by atoms with E-state index in [9.17, 15) is 0 Å². The summed E-state index contributed by atoms with van der Waals surface area (Å²) in [5, 5.41) is 0. The van der Waals surface area contributed by atoms with Crippen LogP contribution in [0.15, 0.2) is 48.5 Å². The molecule has 0 saturated heterocycles. The van der Waals surface area contributed by atoms with Crippen molar-refractivity contribution in [3.05, 3.63) is 66.8 Å². The van der Waals surface area contributed by atoms with E-state index < -0.39 is 0 Å². The van der Waals surface area contributed by atoms with Gasteiger partial charge >= 0.3 is 152 Å². The van der Waals surface area contributed by atoms with Crippen LogP contribution in [0.25, 0.3) is 0 Å². The molecule has 0 radical (unpaired) electrons. The first-order valence-corrected chi connectivity index (χ1v) is 9.08. The second kappa shape index (κ2) is 7.44. The number of hydrogen-bond donors (Lipinski definition) is 0. The second-order valence-corrected chi connectivity index (χ2v) is 8.20. The quantitative estimate of drug-likeness (QED) is 0.508. The van der Waals surface area contributed by atoms with Crippen LogP contribution >= 0.6 is 45.2 Å². The van der Waals surface area contributed by atoms with Gasteiger partial charge in [0, 0.05) is 0 Å². The minimum atomic E-state index is 1.11. The van der Waals surface area contributed by atoms with Crippen LogP contribution in [-0.2, 0) is 37.1 Å². The van der Waals surface area contributed by atoms with Crippen molar-refractivity contribution in [1.82, 2.24) is 0 Å². The van der Waals surface area contributed by atoms with Crippen molar-refractivity contribution in [2.45, 2.75) is 12.8 Å². The summed E-state index contributed by atoms with van der Waals surface area (Å²) in [5.41, 5.74) is 2.91. The minimum absolute atomic E-state index is 1.11. The SMILES string of the molecule is [Zr+2]=[C](Cc1ccccc1I)Cc1ccccc1I. The van der Waals surface area contributed by atoms with Crippen molar-refractivity contribution in [3.8, 4) is 0 Å². The molecule has 3 heteroatoms. The zero-order valence-corrected chi connectivity index (χ0v) is 16.6. The van der Waals surface area contributed by atoms with Crippen molar-refractivity contribution in [1.29, 1.82) is 0 Å². The average Bonchev–Trinajstić information content (AvgIpc) is 2.35. The van der Waals surface area contributed by atoms with Gasteiger partial charge in [-0.2, -0.15) is 0 Å². The summed E-state index contributed by atoms with van der Waals surface area (Å²) in [5.74, 6) is 0. The standard InChI is InChI=1S/C15H12I2.Zr/c16-14-10-3-1-6-12(14)8-5-9-13-7-2-4-11-15(13)17;/h1-4,6-7,10-11H,8-9H2;/q;+2. The Morgan fingerprint density at radius 2 is 1.17 bits per heavy atom. The summed E-state index contributed by atoms with van der Waals surface area (Å²) in [4.78, 5) is 0. The molecule has 0 saturated carbocycles. The third-order valence-electron chi connectivity index (χ3n) is 2.72. The van der Waals surface area contributed by atoms with E-state index in [-0.39, 0.29) is 0 Å². The van der Waals surface area contributed by atoms with Crippen LogP contribution < -0.4 is 0 Å². The van der Waals surface area contributed by atoms with Crippen molar-refractivity contribution >= 4 is 48.4 Å². The summed E-state index contributed by atoms with van der Waals surface area (Å²) in [7, 11) is 0. The van der Waals surface area contributed by atoms with Crippen molar-refractivity contribution in [2.75, 3.05) is 0 Å². The molecule has 0 bridgehead atoms. The summed E-state index contributed by atoms with van der Waals surface area (Å²) in [6.07, 6.45) is 2.23. The molecule has 2 rings (SSSR count). The first kappa shape index (κ1) is 15.0. The van der Waals surface area contributed by atoms with Crippen LogP contribution in [-0.4, -0.2) is 3.21 Å². The van der Waals surface area contributed by atoms with Gasteiger partial charge in [-0.05, 0) is 0 Å². The fourth-order valence-electron chi connectivity index (χ4n) is 1.81. The average molecular weight is 537 g/mol. The summed E-state index contributed by atoms with van der Waals surface area (Å²) >= 11 is 6.40. The third-order valence-corrected chi connectivity index (χ3v) is 5.70. The molecule has 0 aliphatic carbocycles. The van der Waals surface area contributed by atoms with E-state index in [2.05, 4.69) is 93.7 Å². The topological polar surface area (TPSA) is 0 Å². The molecule has 0 atom stereocenters. The van der Waals surface area contributed by atoms with E-state index in [4.69, 9.17) is 0 Å². The molecule has 0 aromatic heterocycles. The molecule has 0 unspecified atom stereocenters. The first-order valence-electron chi connectivity index (χ1n) is 5.70. The Bertz CT molecular complexity index is 514. The molecule has 88 valence electrons. The molecule has 2 aromatic rings. The van der Waals surface area contributed by atoms with Gasteiger partial charge in [-0.15, -0.1) is 0 Å². The van der Waals surface area contributed by atoms with Gasteiger partial charge in [0.2, 0.25) is 0 Å². The van der Waals surface area contributed by atoms with Gasteiger partial charge in [-0.3, -0.25) is 0 Å². The van der Waals surface area contributed by atoms with Gasteiger partial charge in [0.05, 0.1) is 0 Å². The fourth-order valence-corrected chi connectivity index (χ4v) is 3.90. The van der Waals surface area contributed by atoms with E-state index in [1.165, 1.54) is 18.3 Å². The molecule has 0 spiro atoms. The fraction of sp³-hybridized carbons (Fsp3) is 0.133. The van der Waals surface area contributed by atoms with E-state index in [1.54, 1.807) is 27.4 Å². The predicted octanol–water partition coefficient (Wildman–Crippen LogP) is 4.40. The summed E-state index contributed by atoms with van der Waals surface area (Å²) in [6.45, 7) is 0. The second-order valence-electron chi connectivity index (χ2n) is 4.14. The normalized spacial score (nSPS) is 10.4. The van der Waals surface area contributed by atoms with Crippen molar-refractivity contribution in [2.24, 2.45) is 0 Å². The third kappa shape index (κ3) is 4.34. The van der Waals surface area contributed by atoms with E-state index in [1.807, 2.05) is 0 Å². The first-order chi connectivity index (χ1) is 8.66. The Morgan fingerprint density at radius 1 is 0.778 bits per heavy atom. The van der Waals surface area contributed by atoms with Crippen molar-refractivity contribution in [3.63, 3.8) is 0 Å². The van der Waals surface area contributed by atoms with E-state index in [0.717, 1.165) is 12.8 Å².